The molecule has 0 amide bonds. The molecule has 5 rings (SSSR count). The molecular formula is C19H24N4O3S. The minimum Gasteiger partial charge on any atom is -0.392 e. The highest BCUT2D eigenvalue weighted by molar-refractivity contribution is 7.86. The van der Waals surface area contributed by atoms with Gasteiger partial charge in [-0.15, -0.1) is 0 Å². The highest BCUT2D eigenvalue weighted by Crippen LogP contribution is 2.56. The summed E-state index contributed by atoms with van der Waals surface area (Å²) < 4.78 is 26.6. The summed E-state index contributed by atoms with van der Waals surface area (Å²) in [7, 11) is -3.63. The molecule has 1 saturated heterocycles. The molecule has 1 aromatic heterocycles. The zero-order valence-electron chi connectivity index (χ0n) is 15.0. The van der Waals surface area contributed by atoms with E-state index in [1.54, 1.807) is 0 Å². The Morgan fingerprint density at radius 2 is 2.00 bits per heavy atom. The van der Waals surface area contributed by atoms with Crippen molar-refractivity contribution in [2.75, 3.05) is 13.1 Å². The molecule has 3 N–H and O–H groups in total. The molecule has 1 aliphatic carbocycles. The van der Waals surface area contributed by atoms with Gasteiger partial charge in [-0.2, -0.15) is 12.7 Å². The van der Waals surface area contributed by atoms with Crippen molar-refractivity contribution < 1.29 is 13.5 Å². The van der Waals surface area contributed by atoms with Crippen LogP contribution in [0.1, 0.15) is 37.3 Å². The van der Waals surface area contributed by atoms with E-state index in [1.165, 1.54) is 15.4 Å². The number of aromatic nitrogens is 2. The normalized spacial score (nSPS) is 29.3. The van der Waals surface area contributed by atoms with Crippen LogP contribution < -0.4 is 5.14 Å². The second-order valence-corrected chi connectivity index (χ2v) is 9.79. The number of aliphatic hydroxyl groups is 1. The minimum absolute atomic E-state index is 0.151. The number of nitrogens with zero attached hydrogens (tertiary/aromatic N) is 3. The maximum absolute atomic E-state index is 11.5. The van der Waals surface area contributed by atoms with Crippen LogP contribution in [0.5, 0.6) is 0 Å². The summed E-state index contributed by atoms with van der Waals surface area (Å²) in [5.74, 6) is 0.220. The van der Waals surface area contributed by atoms with Gasteiger partial charge in [0.1, 0.15) is 0 Å². The summed E-state index contributed by atoms with van der Waals surface area (Å²) >= 11 is 0. The van der Waals surface area contributed by atoms with Crippen LogP contribution in [0.2, 0.25) is 0 Å². The zero-order chi connectivity index (χ0) is 18.8. The van der Waals surface area contributed by atoms with E-state index in [-0.39, 0.29) is 23.5 Å². The third-order valence-corrected chi connectivity index (χ3v) is 8.03. The Labute approximate surface area is 159 Å². The zero-order valence-corrected chi connectivity index (χ0v) is 15.8. The molecule has 0 bridgehead atoms. The van der Waals surface area contributed by atoms with Gasteiger partial charge < -0.3 is 9.67 Å². The van der Waals surface area contributed by atoms with E-state index < -0.39 is 10.2 Å². The molecule has 1 spiro atoms. The van der Waals surface area contributed by atoms with Gasteiger partial charge in [-0.3, -0.25) is 0 Å². The molecule has 2 aliphatic heterocycles. The second-order valence-electron chi connectivity index (χ2n) is 8.24. The molecule has 2 aromatic rings. The van der Waals surface area contributed by atoms with Gasteiger partial charge in [0.25, 0.3) is 10.2 Å². The molecule has 2 fully saturated rings. The summed E-state index contributed by atoms with van der Waals surface area (Å²) in [6, 6.07) is 8.61. The summed E-state index contributed by atoms with van der Waals surface area (Å²) in [5, 5.41) is 16.2. The molecule has 3 aliphatic rings. The van der Waals surface area contributed by atoms with Gasteiger partial charge in [0.05, 0.1) is 30.4 Å². The van der Waals surface area contributed by atoms with Gasteiger partial charge in [0.2, 0.25) is 0 Å². The number of hydrogen-bond donors (Lipinski definition) is 2. The molecule has 1 aromatic carbocycles. The molecule has 8 heteroatoms. The fourth-order valence-electron chi connectivity index (χ4n) is 5.45. The topological polar surface area (TPSA) is 101 Å². The number of hydrogen-bond acceptors (Lipinski definition) is 4. The molecule has 7 nitrogen and oxygen atoms in total. The van der Waals surface area contributed by atoms with E-state index in [2.05, 4.69) is 27.8 Å². The van der Waals surface area contributed by atoms with E-state index in [1.807, 2.05) is 18.6 Å². The number of piperidine rings is 1. The smallest absolute Gasteiger partial charge is 0.276 e. The van der Waals surface area contributed by atoms with E-state index in [0.29, 0.717) is 25.9 Å². The number of rotatable bonds is 3. The number of benzene rings is 1. The Morgan fingerprint density at radius 1 is 1.26 bits per heavy atom. The van der Waals surface area contributed by atoms with Crippen molar-refractivity contribution in [2.45, 2.75) is 37.8 Å². The van der Waals surface area contributed by atoms with E-state index in [9.17, 15) is 13.5 Å². The molecule has 0 unspecified atom stereocenters. The van der Waals surface area contributed by atoms with Crippen molar-refractivity contribution in [1.82, 2.24) is 13.9 Å². The Morgan fingerprint density at radius 3 is 2.70 bits per heavy atom. The maximum atomic E-state index is 11.5. The highest BCUT2D eigenvalue weighted by Gasteiger charge is 2.55. The molecular weight excluding hydrogens is 364 g/mol. The van der Waals surface area contributed by atoms with Crippen LogP contribution in [-0.4, -0.2) is 46.6 Å². The Kier molecular flexibility index (Phi) is 3.78. The Hall–Kier alpha value is -1.74. The third kappa shape index (κ3) is 2.58. The van der Waals surface area contributed by atoms with Crippen LogP contribution in [0.25, 0.3) is 11.3 Å². The fraction of sp³-hybridized carbons (Fsp3) is 0.526. The van der Waals surface area contributed by atoms with Crippen LogP contribution in [0.3, 0.4) is 0 Å². The number of aliphatic hydroxyl groups excluding tert-OH is 1. The quantitative estimate of drug-likeness (QED) is 0.832. The lowest BCUT2D eigenvalue weighted by molar-refractivity contribution is -0.146. The van der Waals surface area contributed by atoms with Crippen LogP contribution in [0.4, 0.5) is 0 Å². The first-order chi connectivity index (χ1) is 12.9. The van der Waals surface area contributed by atoms with E-state index in [0.717, 1.165) is 18.5 Å². The van der Waals surface area contributed by atoms with Crippen molar-refractivity contribution in [3.63, 3.8) is 0 Å². The van der Waals surface area contributed by atoms with Gasteiger partial charge in [-0.05, 0) is 42.6 Å². The first kappa shape index (κ1) is 17.4. The predicted octanol–water partition coefficient (Wildman–Crippen LogP) is 1.51. The number of fused-ring (bicyclic) bond motifs is 3. The number of nitrogens with two attached hydrogens (primary N) is 1. The highest BCUT2D eigenvalue weighted by atomic mass is 32.2. The van der Waals surface area contributed by atoms with Crippen molar-refractivity contribution in [3.05, 3.63) is 42.4 Å². The van der Waals surface area contributed by atoms with Gasteiger partial charge in [0, 0.05) is 18.7 Å². The van der Waals surface area contributed by atoms with Gasteiger partial charge in [-0.25, -0.2) is 10.1 Å². The lowest BCUT2D eigenvalue weighted by Crippen LogP contribution is -2.58. The lowest BCUT2D eigenvalue weighted by Gasteiger charge is -2.56. The monoisotopic (exact) mass is 388 g/mol. The maximum Gasteiger partial charge on any atom is 0.276 e. The Bertz CT molecular complexity index is 978. The molecule has 27 heavy (non-hydrogen) atoms. The SMILES string of the molecule is NS(=O)(=O)N1CCC2(CC1)C[C@H](C[C@@H]1c3ccccc3-c3cncn31)[C@@H]2O. The standard InChI is InChI=1S/C19H24N4O3S/c20-27(25,26)22-7-5-19(6-8-22)10-13(18(19)24)9-16-14-3-1-2-4-15(14)17-11-21-12-23(16)17/h1-4,11-13,16,18,24H,5-10H2,(H2,20,25,26)/t13-,16+,18-/m0/s1. The van der Waals surface area contributed by atoms with E-state index >= 15 is 0 Å². The lowest BCUT2D eigenvalue weighted by atomic mass is 9.54. The largest absolute Gasteiger partial charge is 0.392 e. The van der Waals surface area contributed by atoms with Gasteiger partial charge >= 0.3 is 0 Å². The molecule has 3 heterocycles. The summed E-state index contributed by atoms with van der Waals surface area (Å²) in [6.45, 7) is 0.807. The fourth-order valence-corrected chi connectivity index (χ4v) is 6.14. The van der Waals surface area contributed by atoms with Crippen LogP contribution in [-0.2, 0) is 10.2 Å². The minimum atomic E-state index is -3.63. The molecule has 1 saturated carbocycles. The second kappa shape index (κ2) is 5.88. The van der Waals surface area contributed by atoms with Crippen LogP contribution >= 0.6 is 0 Å². The average Bonchev–Trinajstić information content (AvgIpc) is 3.23. The molecule has 144 valence electrons. The third-order valence-electron chi connectivity index (χ3n) is 6.94. The van der Waals surface area contributed by atoms with Crippen LogP contribution in [0.15, 0.2) is 36.8 Å². The average molecular weight is 388 g/mol. The Balaban J connectivity index is 1.31. The molecule has 3 atom stereocenters. The predicted molar refractivity (Wildman–Crippen MR) is 101 cm³/mol. The van der Waals surface area contributed by atoms with Gasteiger partial charge in [0.15, 0.2) is 0 Å². The number of imidazole rings is 1. The van der Waals surface area contributed by atoms with Crippen molar-refractivity contribution in [3.8, 4) is 11.3 Å². The van der Waals surface area contributed by atoms with Gasteiger partial charge in [-0.1, -0.05) is 24.3 Å². The van der Waals surface area contributed by atoms with E-state index in [4.69, 9.17) is 5.14 Å². The molecule has 0 radical (unpaired) electrons. The van der Waals surface area contributed by atoms with Crippen molar-refractivity contribution >= 4 is 10.2 Å². The summed E-state index contributed by atoms with van der Waals surface area (Å²) in [6.07, 6.45) is 6.57. The summed E-state index contributed by atoms with van der Waals surface area (Å²) in [5.41, 5.74) is 3.51. The first-order valence-electron chi connectivity index (χ1n) is 9.46. The first-order valence-corrected chi connectivity index (χ1v) is 11.0. The van der Waals surface area contributed by atoms with Crippen molar-refractivity contribution in [1.29, 1.82) is 0 Å². The van der Waals surface area contributed by atoms with Crippen LogP contribution in [0, 0.1) is 11.3 Å². The van der Waals surface area contributed by atoms with Crippen molar-refractivity contribution in [2.24, 2.45) is 16.5 Å². The summed E-state index contributed by atoms with van der Waals surface area (Å²) in [4.78, 5) is 4.30.